The molecule has 0 fully saturated rings. The highest BCUT2D eigenvalue weighted by Crippen LogP contribution is 2.26. The Kier molecular flexibility index (Phi) is 9.39. The smallest absolute Gasteiger partial charge is 0.0606 e. The van der Waals surface area contributed by atoms with Crippen LogP contribution in [0.5, 0.6) is 0 Å². The first kappa shape index (κ1) is 22.0. The van der Waals surface area contributed by atoms with Crippen LogP contribution in [0.4, 0.5) is 5.69 Å². The fourth-order valence-electron chi connectivity index (χ4n) is 3.08. The van der Waals surface area contributed by atoms with Crippen molar-refractivity contribution in [2.24, 2.45) is 0 Å². The van der Waals surface area contributed by atoms with Crippen molar-refractivity contribution in [2.75, 3.05) is 49.7 Å². The lowest BCUT2D eigenvalue weighted by molar-refractivity contribution is 0.304. The fraction of sp³-hybridized carbons (Fsp3) is 0.455. The van der Waals surface area contributed by atoms with Crippen LogP contribution in [0.3, 0.4) is 0 Å². The van der Waals surface area contributed by atoms with Gasteiger partial charge in [0.2, 0.25) is 0 Å². The molecule has 0 saturated heterocycles. The lowest BCUT2D eigenvalue weighted by Crippen LogP contribution is -2.27. The fourth-order valence-corrected chi connectivity index (χ4v) is 4.74. The minimum atomic E-state index is 0.170. The van der Waals surface area contributed by atoms with Crippen LogP contribution in [0.2, 0.25) is 0 Å². The average molecular weight is 405 g/mol. The third kappa shape index (κ3) is 6.66. The standard InChI is InChI=1S/C22H32N2OS2/c1-5-26-27-15-13-24-11-7-6-8-22(24)19(3)16-20-9-10-21(17-18(20)2)23(4)12-14-25/h6-10,16-17,25H,5,11-15H2,1-4H3. The topological polar surface area (TPSA) is 26.7 Å². The Morgan fingerprint density at radius 3 is 2.85 bits per heavy atom. The van der Waals surface area contributed by atoms with Gasteiger partial charge in [0.05, 0.1) is 6.61 Å². The van der Waals surface area contributed by atoms with Gasteiger partial charge in [-0.1, -0.05) is 46.7 Å². The van der Waals surface area contributed by atoms with Gasteiger partial charge in [-0.2, -0.15) is 0 Å². The predicted octanol–water partition coefficient (Wildman–Crippen LogP) is 4.98. The van der Waals surface area contributed by atoms with E-state index >= 15 is 0 Å². The second-order valence-electron chi connectivity index (χ2n) is 6.67. The summed E-state index contributed by atoms with van der Waals surface area (Å²) in [6, 6.07) is 6.51. The molecule has 0 radical (unpaired) electrons. The molecule has 5 heteroatoms. The number of hydrogen-bond donors (Lipinski definition) is 1. The van der Waals surface area contributed by atoms with Crippen molar-refractivity contribution in [1.82, 2.24) is 4.90 Å². The molecule has 1 aliphatic rings. The summed E-state index contributed by atoms with van der Waals surface area (Å²) in [6.45, 7) is 9.44. The Bertz CT molecular complexity index is 698. The van der Waals surface area contributed by atoms with Gasteiger partial charge in [-0.15, -0.1) is 0 Å². The lowest BCUT2D eigenvalue weighted by atomic mass is 10.0. The maximum Gasteiger partial charge on any atom is 0.0606 e. The molecule has 1 aliphatic heterocycles. The largest absolute Gasteiger partial charge is 0.395 e. The van der Waals surface area contributed by atoms with Crippen LogP contribution < -0.4 is 4.90 Å². The highest BCUT2D eigenvalue weighted by Gasteiger charge is 2.13. The van der Waals surface area contributed by atoms with E-state index < -0.39 is 0 Å². The van der Waals surface area contributed by atoms with Crippen LogP contribution in [0.1, 0.15) is 25.0 Å². The third-order valence-electron chi connectivity index (χ3n) is 4.61. The van der Waals surface area contributed by atoms with Gasteiger partial charge < -0.3 is 14.9 Å². The van der Waals surface area contributed by atoms with Gasteiger partial charge in [-0.3, -0.25) is 0 Å². The molecular weight excluding hydrogens is 372 g/mol. The maximum atomic E-state index is 9.13. The maximum absolute atomic E-state index is 9.13. The Morgan fingerprint density at radius 2 is 2.15 bits per heavy atom. The predicted molar refractivity (Wildman–Crippen MR) is 125 cm³/mol. The van der Waals surface area contributed by atoms with Gasteiger partial charge in [-0.05, 0) is 54.8 Å². The molecule has 1 heterocycles. The molecule has 0 aromatic heterocycles. The summed E-state index contributed by atoms with van der Waals surface area (Å²) in [5.41, 5.74) is 6.26. The number of likely N-dealkylation sites (N-methyl/N-ethyl adjacent to an activating group) is 1. The molecule has 0 saturated carbocycles. The lowest BCUT2D eigenvalue weighted by Gasteiger charge is -2.29. The summed E-state index contributed by atoms with van der Waals surface area (Å²) in [6.07, 6.45) is 8.91. The van der Waals surface area contributed by atoms with Crippen molar-refractivity contribution in [3.63, 3.8) is 0 Å². The molecule has 148 valence electrons. The van der Waals surface area contributed by atoms with Crippen molar-refractivity contribution in [1.29, 1.82) is 0 Å². The first-order valence-corrected chi connectivity index (χ1v) is 12.0. The molecule has 0 amide bonds. The molecule has 0 spiro atoms. The molecule has 3 nitrogen and oxygen atoms in total. The van der Waals surface area contributed by atoms with Gasteiger partial charge in [0.1, 0.15) is 0 Å². The second-order valence-corrected chi connectivity index (χ2v) is 9.54. The molecule has 1 aromatic rings. The van der Waals surface area contributed by atoms with Crippen molar-refractivity contribution < 1.29 is 5.11 Å². The van der Waals surface area contributed by atoms with Crippen molar-refractivity contribution >= 4 is 33.4 Å². The Balaban J connectivity index is 2.12. The molecule has 2 rings (SSSR count). The zero-order chi connectivity index (χ0) is 19.6. The normalized spacial score (nSPS) is 14.5. The number of allylic oxidation sites excluding steroid dienone is 3. The summed E-state index contributed by atoms with van der Waals surface area (Å²) < 4.78 is 0. The third-order valence-corrected chi connectivity index (χ3v) is 7.07. The monoisotopic (exact) mass is 404 g/mol. The van der Waals surface area contributed by atoms with Crippen LogP contribution in [0.25, 0.3) is 6.08 Å². The average Bonchev–Trinajstić information content (AvgIpc) is 2.67. The van der Waals surface area contributed by atoms with E-state index in [1.807, 2.05) is 28.6 Å². The summed E-state index contributed by atoms with van der Waals surface area (Å²) >= 11 is 0. The van der Waals surface area contributed by atoms with Gasteiger partial charge in [-0.25, -0.2) is 0 Å². The van der Waals surface area contributed by atoms with Gasteiger partial charge in [0.15, 0.2) is 0 Å². The molecule has 0 atom stereocenters. The summed E-state index contributed by atoms with van der Waals surface area (Å²) in [5.74, 6) is 2.30. The first-order valence-electron chi connectivity index (χ1n) is 9.54. The number of anilines is 1. The first-order chi connectivity index (χ1) is 13.1. The molecule has 1 aromatic carbocycles. The van der Waals surface area contributed by atoms with Crippen molar-refractivity contribution in [2.45, 2.75) is 20.8 Å². The van der Waals surface area contributed by atoms with Gasteiger partial charge >= 0.3 is 0 Å². The van der Waals surface area contributed by atoms with Crippen molar-refractivity contribution in [3.05, 3.63) is 58.8 Å². The second kappa shape index (κ2) is 11.5. The number of aryl methyl sites for hydroxylation is 1. The zero-order valence-electron chi connectivity index (χ0n) is 16.9. The van der Waals surface area contributed by atoms with E-state index in [4.69, 9.17) is 5.11 Å². The van der Waals surface area contributed by atoms with E-state index in [0.717, 1.165) is 30.3 Å². The highest BCUT2D eigenvalue weighted by molar-refractivity contribution is 8.76. The molecule has 1 N–H and O–H groups in total. The van der Waals surface area contributed by atoms with Gasteiger partial charge in [0.25, 0.3) is 0 Å². The number of nitrogens with zero attached hydrogens (tertiary/aromatic N) is 2. The Morgan fingerprint density at radius 1 is 1.33 bits per heavy atom. The van der Waals surface area contributed by atoms with Gasteiger partial charge in [0, 0.05) is 49.6 Å². The number of aliphatic hydroxyl groups excluding tert-OH is 1. The number of hydrogen-bond acceptors (Lipinski definition) is 5. The van der Waals surface area contributed by atoms with Crippen LogP contribution >= 0.6 is 21.6 Å². The number of benzene rings is 1. The molecular formula is C22H32N2OS2. The van der Waals surface area contributed by atoms with E-state index in [-0.39, 0.29) is 6.61 Å². The van der Waals surface area contributed by atoms with E-state index in [2.05, 4.69) is 73.1 Å². The van der Waals surface area contributed by atoms with Crippen LogP contribution in [0, 0.1) is 6.92 Å². The summed E-state index contributed by atoms with van der Waals surface area (Å²) in [4.78, 5) is 4.54. The molecule has 27 heavy (non-hydrogen) atoms. The van der Waals surface area contributed by atoms with Crippen LogP contribution in [-0.4, -0.2) is 54.8 Å². The molecule has 0 bridgehead atoms. The summed E-state index contributed by atoms with van der Waals surface area (Å²) in [5, 5.41) is 9.13. The SMILES string of the molecule is CCSSCCN1CC=CC=C1C(C)=Cc1ccc(N(C)CCO)cc1C. The highest BCUT2D eigenvalue weighted by atomic mass is 33.1. The minimum absolute atomic E-state index is 0.170. The van der Waals surface area contributed by atoms with Crippen molar-refractivity contribution in [3.8, 4) is 0 Å². The number of aliphatic hydroxyl groups is 1. The quantitative estimate of drug-likeness (QED) is 0.438. The van der Waals surface area contributed by atoms with E-state index in [0.29, 0.717) is 6.54 Å². The van der Waals surface area contributed by atoms with E-state index in [9.17, 15) is 0 Å². The Labute approximate surface area is 172 Å². The minimum Gasteiger partial charge on any atom is -0.395 e. The van der Waals surface area contributed by atoms with Crippen LogP contribution in [0.15, 0.2) is 47.7 Å². The zero-order valence-corrected chi connectivity index (χ0v) is 18.6. The number of rotatable bonds is 10. The van der Waals surface area contributed by atoms with Crippen LogP contribution in [-0.2, 0) is 0 Å². The molecule has 0 aliphatic carbocycles. The molecule has 0 unspecified atom stereocenters. The van der Waals surface area contributed by atoms with E-state index in [1.54, 1.807) is 0 Å². The Hall–Kier alpha value is -1.30. The van der Waals surface area contributed by atoms with E-state index in [1.165, 1.54) is 22.4 Å². The summed E-state index contributed by atoms with van der Waals surface area (Å²) in [7, 11) is 5.90.